The molecule has 0 aliphatic carbocycles. The minimum absolute atomic E-state index is 0.0102. The van der Waals surface area contributed by atoms with Gasteiger partial charge in [0.25, 0.3) is 0 Å². The number of hydrogen-bond acceptors (Lipinski definition) is 4. The van der Waals surface area contributed by atoms with Crippen molar-refractivity contribution >= 4 is 15.9 Å². The summed E-state index contributed by atoms with van der Waals surface area (Å²) in [6, 6.07) is 0.597. The molecule has 2 aliphatic rings. The normalized spacial score (nSPS) is 27.1. The van der Waals surface area contributed by atoms with Crippen LogP contribution in [-0.2, 0) is 14.8 Å². The smallest absolute Gasteiger partial charge is 0.224 e. The number of nitrogens with zero attached hydrogens (tertiary/aromatic N) is 2. The van der Waals surface area contributed by atoms with Gasteiger partial charge in [0.05, 0.1) is 11.7 Å². The van der Waals surface area contributed by atoms with Crippen molar-refractivity contribution in [3.05, 3.63) is 0 Å². The lowest BCUT2D eigenvalue weighted by Gasteiger charge is -2.34. The molecule has 2 saturated heterocycles. The maximum atomic E-state index is 12.4. The molecule has 2 heterocycles. The van der Waals surface area contributed by atoms with Gasteiger partial charge in [0, 0.05) is 32.2 Å². The molecule has 0 unspecified atom stereocenters. The van der Waals surface area contributed by atoms with Gasteiger partial charge in [-0.25, -0.2) is 12.7 Å². The SMILES string of the molecule is CCCS(=O)(=O)N1CCC[C@H](C(=O)NCCN2CCCC[C@H]2C)C1. The second-order valence-corrected chi connectivity index (χ2v) is 9.27. The fourth-order valence-electron chi connectivity index (χ4n) is 3.75. The van der Waals surface area contributed by atoms with E-state index in [0.29, 0.717) is 32.1 Å². The fraction of sp³-hybridized carbons (Fsp3) is 0.941. The highest BCUT2D eigenvalue weighted by atomic mass is 32.2. The number of carbonyl (C=O) groups is 1. The minimum atomic E-state index is -3.20. The molecule has 7 heteroatoms. The number of hydrogen-bond donors (Lipinski definition) is 1. The van der Waals surface area contributed by atoms with E-state index < -0.39 is 10.0 Å². The molecular formula is C17H33N3O3S. The molecule has 0 aromatic heterocycles. The van der Waals surface area contributed by atoms with Crippen LogP contribution in [0.1, 0.15) is 52.4 Å². The summed E-state index contributed by atoms with van der Waals surface area (Å²) in [4.78, 5) is 14.8. The van der Waals surface area contributed by atoms with Gasteiger partial charge in [-0.15, -0.1) is 0 Å². The quantitative estimate of drug-likeness (QED) is 0.746. The largest absolute Gasteiger partial charge is 0.355 e. The third kappa shape index (κ3) is 5.43. The highest BCUT2D eigenvalue weighted by Gasteiger charge is 2.31. The number of nitrogens with one attached hydrogen (secondary N) is 1. The highest BCUT2D eigenvalue weighted by molar-refractivity contribution is 7.89. The van der Waals surface area contributed by atoms with Crippen LogP contribution in [-0.4, -0.2) is 68.0 Å². The molecule has 140 valence electrons. The fourth-order valence-corrected chi connectivity index (χ4v) is 5.34. The summed E-state index contributed by atoms with van der Waals surface area (Å²) < 4.78 is 25.9. The van der Waals surface area contributed by atoms with Crippen molar-refractivity contribution in [2.75, 3.05) is 38.5 Å². The lowest BCUT2D eigenvalue weighted by molar-refractivity contribution is -0.126. The molecule has 2 atom stereocenters. The van der Waals surface area contributed by atoms with Gasteiger partial charge in [0.1, 0.15) is 0 Å². The topological polar surface area (TPSA) is 69.7 Å². The van der Waals surface area contributed by atoms with Crippen molar-refractivity contribution in [2.45, 2.75) is 58.4 Å². The van der Waals surface area contributed by atoms with Crippen LogP contribution in [0, 0.1) is 5.92 Å². The van der Waals surface area contributed by atoms with Gasteiger partial charge in [-0.1, -0.05) is 13.3 Å². The first-order valence-electron chi connectivity index (χ1n) is 9.43. The van der Waals surface area contributed by atoms with Crippen molar-refractivity contribution in [1.29, 1.82) is 0 Å². The second-order valence-electron chi connectivity index (χ2n) is 7.18. The molecular weight excluding hydrogens is 326 g/mol. The van der Waals surface area contributed by atoms with Gasteiger partial charge in [0.2, 0.25) is 15.9 Å². The van der Waals surface area contributed by atoms with Gasteiger partial charge in [-0.05, 0) is 45.6 Å². The maximum Gasteiger partial charge on any atom is 0.224 e. The van der Waals surface area contributed by atoms with E-state index in [1.54, 1.807) is 0 Å². The Hall–Kier alpha value is -0.660. The van der Waals surface area contributed by atoms with Crippen molar-refractivity contribution in [2.24, 2.45) is 5.92 Å². The molecule has 0 aromatic rings. The Bertz CT molecular complexity index is 509. The molecule has 2 aliphatic heterocycles. The molecule has 24 heavy (non-hydrogen) atoms. The van der Waals surface area contributed by atoms with Crippen LogP contribution in [0.5, 0.6) is 0 Å². The summed E-state index contributed by atoms with van der Waals surface area (Å²) in [5.74, 6) is -0.0195. The van der Waals surface area contributed by atoms with Gasteiger partial charge >= 0.3 is 0 Å². The summed E-state index contributed by atoms with van der Waals surface area (Å²) in [6.45, 7) is 7.67. The summed E-state index contributed by atoms with van der Waals surface area (Å²) in [5, 5.41) is 3.02. The third-order valence-electron chi connectivity index (χ3n) is 5.25. The molecule has 1 N–H and O–H groups in total. The van der Waals surface area contributed by atoms with Crippen LogP contribution < -0.4 is 5.32 Å². The first kappa shape index (κ1) is 19.7. The van der Waals surface area contributed by atoms with E-state index in [9.17, 15) is 13.2 Å². The Balaban J connectivity index is 1.77. The Labute approximate surface area is 147 Å². The molecule has 0 aromatic carbocycles. The Morgan fingerprint density at radius 2 is 1.96 bits per heavy atom. The molecule has 6 nitrogen and oxygen atoms in total. The summed E-state index contributed by atoms with van der Waals surface area (Å²) in [6.07, 6.45) is 5.94. The number of amides is 1. The molecule has 0 radical (unpaired) electrons. The first-order chi connectivity index (χ1) is 11.4. The molecule has 2 rings (SSSR count). The zero-order valence-corrected chi connectivity index (χ0v) is 16.0. The monoisotopic (exact) mass is 359 g/mol. The standard InChI is InChI=1S/C17H33N3O3S/c1-3-13-24(22,23)20-11-6-8-16(14-20)17(21)18-9-12-19-10-5-4-7-15(19)2/h15-16H,3-14H2,1-2H3,(H,18,21)/t15-,16+/m1/s1. The molecule has 0 bridgehead atoms. The van der Waals surface area contributed by atoms with Crippen LogP contribution in [0.15, 0.2) is 0 Å². The van der Waals surface area contributed by atoms with Crippen LogP contribution in [0.3, 0.4) is 0 Å². The van der Waals surface area contributed by atoms with Crippen LogP contribution in [0.4, 0.5) is 0 Å². The van der Waals surface area contributed by atoms with Crippen molar-refractivity contribution in [3.8, 4) is 0 Å². The molecule has 0 saturated carbocycles. The predicted molar refractivity (Wildman–Crippen MR) is 96.3 cm³/mol. The van der Waals surface area contributed by atoms with Gasteiger partial charge < -0.3 is 5.32 Å². The van der Waals surface area contributed by atoms with E-state index >= 15 is 0 Å². The Morgan fingerprint density at radius 1 is 1.17 bits per heavy atom. The molecule has 2 fully saturated rings. The summed E-state index contributed by atoms with van der Waals surface area (Å²) in [7, 11) is -3.20. The van der Waals surface area contributed by atoms with E-state index in [-0.39, 0.29) is 17.6 Å². The maximum absolute atomic E-state index is 12.4. The lowest BCUT2D eigenvalue weighted by Crippen LogP contribution is -2.48. The Kier molecular flexibility index (Phi) is 7.50. The van der Waals surface area contributed by atoms with Crippen LogP contribution >= 0.6 is 0 Å². The predicted octanol–water partition coefficient (Wildman–Crippen LogP) is 1.43. The van der Waals surface area contributed by atoms with E-state index in [2.05, 4.69) is 17.1 Å². The van der Waals surface area contributed by atoms with Gasteiger partial charge in [-0.2, -0.15) is 0 Å². The number of sulfonamides is 1. The minimum Gasteiger partial charge on any atom is -0.355 e. The highest BCUT2D eigenvalue weighted by Crippen LogP contribution is 2.20. The molecule has 0 spiro atoms. The van der Waals surface area contributed by atoms with Gasteiger partial charge in [-0.3, -0.25) is 9.69 Å². The van der Waals surface area contributed by atoms with E-state index in [1.165, 1.54) is 23.6 Å². The third-order valence-corrected chi connectivity index (χ3v) is 7.29. The van der Waals surface area contributed by atoms with E-state index in [4.69, 9.17) is 0 Å². The summed E-state index contributed by atoms with van der Waals surface area (Å²) >= 11 is 0. The number of rotatable bonds is 7. The lowest BCUT2D eigenvalue weighted by atomic mass is 9.99. The average Bonchev–Trinajstić information content (AvgIpc) is 2.56. The van der Waals surface area contributed by atoms with Crippen molar-refractivity contribution in [1.82, 2.24) is 14.5 Å². The zero-order chi connectivity index (χ0) is 17.6. The number of carbonyl (C=O) groups excluding carboxylic acids is 1. The van der Waals surface area contributed by atoms with Crippen LogP contribution in [0.2, 0.25) is 0 Å². The van der Waals surface area contributed by atoms with Gasteiger partial charge in [0.15, 0.2) is 0 Å². The van der Waals surface area contributed by atoms with Crippen LogP contribution in [0.25, 0.3) is 0 Å². The van der Waals surface area contributed by atoms with E-state index in [1.807, 2.05) is 6.92 Å². The Morgan fingerprint density at radius 3 is 2.67 bits per heavy atom. The average molecular weight is 360 g/mol. The number of piperidine rings is 2. The van der Waals surface area contributed by atoms with Crippen molar-refractivity contribution in [3.63, 3.8) is 0 Å². The zero-order valence-electron chi connectivity index (χ0n) is 15.2. The van der Waals surface area contributed by atoms with E-state index in [0.717, 1.165) is 25.9 Å². The van der Waals surface area contributed by atoms with Crippen molar-refractivity contribution < 1.29 is 13.2 Å². The number of likely N-dealkylation sites (tertiary alicyclic amines) is 1. The summed E-state index contributed by atoms with van der Waals surface area (Å²) in [5.41, 5.74) is 0. The molecule has 1 amide bonds. The second kappa shape index (κ2) is 9.15. The first-order valence-corrected chi connectivity index (χ1v) is 11.0.